The van der Waals surface area contributed by atoms with Gasteiger partial charge in [0.25, 0.3) is 11.6 Å². The number of nitrogens with one attached hydrogen (secondary N) is 1. The highest BCUT2D eigenvalue weighted by molar-refractivity contribution is 5.96. The van der Waals surface area contributed by atoms with Gasteiger partial charge < -0.3 is 19.7 Å². The van der Waals surface area contributed by atoms with Gasteiger partial charge in [0.1, 0.15) is 12.3 Å². The van der Waals surface area contributed by atoms with Crippen LogP contribution in [0, 0.1) is 10.1 Å². The fourth-order valence-electron chi connectivity index (χ4n) is 5.08. The number of ether oxygens (including phenoxy) is 2. The monoisotopic (exact) mass is 480 g/mol. The SMILES string of the molecule is O=C(NCC1CCCO1)c1ccc(N2CCC(N3C(=O)OCc4ccccc43)CC2)c([N+](=O)[O-])c1. The minimum Gasteiger partial charge on any atom is -0.444 e. The van der Waals surface area contributed by atoms with Gasteiger partial charge in [0.05, 0.1) is 16.7 Å². The van der Waals surface area contributed by atoms with Crippen LogP contribution in [0.2, 0.25) is 0 Å². The Kier molecular flexibility index (Phi) is 6.54. The van der Waals surface area contributed by atoms with Crippen LogP contribution in [0.5, 0.6) is 0 Å². The Morgan fingerprint density at radius 1 is 1.11 bits per heavy atom. The average Bonchev–Trinajstić information content (AvgIpc) is 3.41. The molecule has 2 amide bonds. The molecule has 0 radical (unpaired) electrons. The van der Waals surface area contributed by atoms with Crippen molar-refractivity contribution in [1.82, 2.24) is 5.32 Å². The summed E-state index contributed by atoms with van der Waals surface area (Å²) >= 11 is 0. The number of hydrogen-bond acceptors (Lipinski definition) is 7. The van der Waals surface area contributed by atoms with E-state index < -0.39 is 4.92 Å². The van der Waals surface area contributed by atoms with Crippen molar-refractivity contribution in [3.63, 3.8) is 0 Å². The van der Waals surface area contributed by atoms with Crippen molar-refractivity contribution < 1.29 is 24.0 Å². The molecule has 35 heavy (non-hydrogen) atoms. The molecule has 0 aliphatic carbocycles. The summed E-state index contributed by atoms with van der Waals surface area (Å²) in [7, 11) is 0. The highest BCUT2D eigenvalue weighted by Gasteiger charge is 2.35. The second kappa shape index (κ2) is 9.91. The van der Waals surface area contributed by atoms with E-state index in [9.17, 15) is 19.7 Å². The molecule has 184 valence electrons. The number of benzene rings is 2. The Morgan fingerprint density at radius 2 is 1.91 bits per heavy atom. The molecule has 1 unspecified atom stereocenters. The van der Waals surface area contributed by atoms with E-state index >= 15 is 0 Å². The second-order valence-electron chi connectivity index (χ2n) is 9.08. The smallest absolute Gasteiger partial charge is 0.414 e. The average molecular weight is 481 g/mol. The molecule has 1 atom stereocenters. The number of carbonyl (C=O) groups excluding carboxylic acids is 2. The maximum atomic E-state index is 12.6. The molecule has 3 aliphatic heterocycles. The maximum Gasteiger partial charge on any atom is 0.414 e. The largest absolute Gasteiger partial charge is 0.444 e. The lowest BCUT2D eigenvalue weighted by molar-refractivity contribution is -0.384. The molecule has 2 fully saturated rings. The zero-order chi connectivity index (χ0) is 24.4. The fourth-order valence-corrected chi connectivity index (χ4v) is 5.08. The molecule has 3 aliphatic rings. The van der Waals surface area contributed by atoms with Crippen molar-refractivity contribution in [3.05, 3.63) is 63.7 Å². The van der Waals surface area contributed by atoms with Gasteiger partial charge in [-0.2, -0.15) is 0 Å². The van der Waals surface area contributed by atoms with Gasteiger partial charge >= 0.3 is 6.09 Å². The molecule has 0 aromatic heterocycles. The van der Waals surface area contributed by atoms with Crippen LogP contribution in [-0.4, -0.2) is 55.3 Å². The van der Waals surface area contributed by atoms with E-state index in [0.717, 1.165) is 24.1 Å². The number of nitro benzene ring substituents is 1. The van der Waals surface area contributed by atoms with Crippen LogP contribution in [-0.2, 0) is 16.1 Å². The molecule has 0 bridgehead atoms. The quantitative estimate of drug-likeness (QED) is 0.496. The predicted octanol–water partition coefficient (Wildman–Crippen LogP) is 3.63. The normalized spacial score (nSPS) is 20.3. The number of anilines is 2. The standard InChI is InChI=1S/C25H28N4O6/c30-24(26-15-20-5-3-13-34-20)17-7-8-22(23(14-17)29(32)33)27-11-9-19(10-12-27)28-21-6-2-1-4-18(21)16-35-25(28)31/h1-2,4,6-8,14,19-20H,3,5,9-13,15-16H2,(H,26,30). The van der Waals surface area contributed by atoms with E-state index in [2.05, 4.69) is 5.32 Å². The lowest BCUT2D eigenvalue weighted by atomic mass is 9.99. The van der Waals surface area contributed by atoms with Crippen LogP contribution in [0.15, 0.2) is 42.5 Å². The van der Waals surface area contributed by atoms with E-state index in [-0.39, 0.29) is 42.0 Å². The number of hydrogen-bond donors (Lipinski definition) is 1. The van der Waals surface area contributed by atoms with Crippen LogP contribution in [0.1, 0.15) is 41.6 Å². The van der Waals surface area contributed by atoms with Crippen molar-refractivity contribution in [2.45, 2.75) is 44.4 Å². The highest BCUT2D eigenvalue weighted by Crippen LogP contribution is 2.35. The number of carbonyl (C=O) groups is 2. The molecule has 5 rings (SSSR count). The third kappa shape index (κ3) is 4.79. The van der Waals surface area contributed by atoms with Crippen LogP contribution >= 0.6 is 0 Å². The van der Waals surface area contributed by atoms with E-state index in [1.807, 2.05) is 29.2 Å². The van der Waals surface area contributed by atoms with E-state index in [1.54, 1.807) is 17.0 Å². The summed E-state index contributed by atoms with van der Waals surface area (Å²) in [5, 5.41) is 14.7. The Hall–Kier alpha value is -3.66. The predicted molar refractivity (Wildman–Crippen MR) is 129 cm³/mol. The number of amides is 2. The third-order valence-electron chi connectivity index (χ3n) is 6.92. The molecule has 10 heteroatoms. The lowest BCUT2D eigenvalue weighted by Crippen LogP contribution is -2.49. The molecule has 3 heterocycles. The van der Waals surface area contributed by atoms with Gasteiger partial charge in [0.2, 0.25) is 0 Å². The number of nitrogens with zero attached hydrogens (tertiary/aromatic N) is 3. The van der Waals surface area contributed by atoms with Crippen molar-refractivity contribution in [2.75, 3.05) is 36.0 Å². The molecule has 0 saturated carbocycles. The molecule has 2 saturated heterocycles. The van der Waals surface area contributed by atoms with Gasteiger partial charge in [-0.05, 0) is 43.9 Å². The van der Waals surface area contributed by atoms with Crippen LogP contribution in [0.4, 0.5) is 21.9 Å². The Balaban J connectivity index is 1.27. The number of fused-ring (bicyclic) bond motifs is 1. The topological polar surface area (TPSA) is 114 Å². The lowest BCUT2D eigenvalue weighted by Gasteiger charge is -2.40. The molecule has 2 aromatic carbocycles. The van der Waals surface area contributed by atoms with E-state index in [0.29, 0.717) is 44.8 Å². The molecular weight excluding hydrogens is 452 g/mol. The summed E-state index contributed by atoms with van der Waals surface area (Å²) in [6, 6.07) is 12.3. The molecule has 0 spiro atoms. The summed E-state index contributed by atoms with van der Waals surface area (Å²) in [6.45, 7) is 2.45. The molecular formula is C25H28N4O6. The molecule has 2 aromatic rings. The maximum absolute atomic E-state index is 12.6. The molecule has 10 nitrogen and oxygen atoms in total. The first-order valence-electron chi connectivity index (χ1n) is 12.0. The Morgan fingerprint density at radius 3 is 2.66 bits per heavy atom. The minimum atomic E-state index is -0.448. The van der Waals surface area contributed by atoms with Crippen molar-refractivity contribution in [1.29, 1.82) is 0 Å². The van der Waals surface area contributed by atoms with Gasteiger partial charge in [0.15, 0.2) is 0 Å². The van der Waals surface area contributed by atoms with Crippen molar-refractivity contribution >= 4 is 29.1 Å². The first-order chi connectivity index (χ1) is 17.0. The fraction of sp³-hybridized carbons (Fsp3) is 0.440. The number of piperidine rings is 1. The van der Waals surface area contributed by atoms with E-state index in [1.165, 1.54) is 6.07 Å². The zero-order valence-corrected chi connectivity index (χ0v) is 19.4. The summed E-state index contributed by atoms with van der Waals surface area (Å²) in [5.41, 5.74) is 2.47. The van der Waals surface area contributed by atoms with Gasteiger partial charge in [-0.1, -0.05) is 18.2 Å². The minimum absolute atomic E-state index is 0.00124. The zero-order valence-electron chi connectivity index (χ0n) is 19.4. The van der Waals surface area contributed by atoms with Gasteiger partial charge in [-0.15, -0.1) is 0 Å². The van der Waals surface area contributed by atoms with Gasteiger partial charge in [0, 0.05) is 49.5 Å². The third-order valence-corrected chi connectivity index (χ3v) is 6.92. The number of nitro groups is 1. The Labute approximate surface area is 202 Å². The van der Waals surface area contributed by atoms with E-state index in [4.69, 9.17) is 9.47 Å². The number of cyclic esters (lactones) is 1. The second-order valence-corrected chi connectivity index (χ2v) is 9.08. The van der Waals surface area contributed by atoms with Crippen molar-refractivity contribution in [3.8, 4) is 0 Å². The van der Waals surface area contributed by atoms with Gasteiger partial charge in [-0.3, -0.25) is 19.8 Å². The van der Waals surface area contributed by atoms with Crippen molar-refractivity contribution in [2.24, 2.45) is 0 Å². The number of para-hydroxylation sites is 1. The Bertz CT molecular complexity index is 1120. The molecule has 1 N–H and O–H groups in total. The summed E-state index contributed by atoms with van der Waals surface area (Å²) in [6.07, 6.45) is 2.80. The summed E-state index contributed by atoms with van der Waals surface area (Å²) in [5.74, 6) is -0.351. The van der Waals surface area contributed by atoms with Crippen LogP contribution in [0.25, 0.3) is 0 Å². The summed E-state index contributed by atoms with van der Waals surface area (Å²) < 4.78 is 10.9. The van der Waals surface area contributed by atoms with Crippen LogP contribution < -0.4 is 15.1 Å². The van der Waals surface area contributed by atoms with Gasteiger partial charge in [-0.25, -0.2) is 4.79 Å². The summed E-state index contributed by atoms with van der Waals surface area (Å²) in [4.78, 5) is 40.2. The first kappa shape index (κ1) is 23.1. The van der Waals surface area contributed by atoms with Crippen LogP contribution in [0.3, 0.4) is 0 Å². The first-order valence-corrected chi connectivity index (χ1v) is 12.0. The number of rotatable bonds is 6. The highest BCUT2D eigenvalue weighted by atomic mass is 16.6.